The Kier molecular flexibility index (Phi) is 9.67. The first-order valence-corrected chi connectivity index (χ1v) is 7.88. The van der Waals surface area contributed by atoms with E-state index in [1.165, 1.54) is 19.4 Å². The van der Waals surface area contributed by atoms with Crippen molar-refractivity contribution in [2.75, 3.05) is 26.7 Å². The fraction of sp³-hybridized carbons (Fsp3) is 1.00. The molecule has 0 saturated heterocycles. The van der Waals surface area contributed by atoms with E-state index in [1.807, 2.05) is 0 Å². The highest BCUT2D eigenvalue weighted by atomic mass is 16.5. The van der Waals surface area contributed by atoms with Crippen LogP contribution in [0.1, 0.15) is 60.8 Å². The molecule has 3 nitrogen and oxygen atoms in total. The Labute approximate surface area is 121 Å². The summed E-state index contributed by atoms with van der Waals surface area (Å²) in [6.45, 7) is 16.9. The molecule has 116 valence electrons. The average Bonchev–Trinajstić information content (AvgIpc) is 2.33. The molecule has 1 N–H and O–H groups in total. The van der Waals surface area contributed by atoms with Crippen LogP contribution in [-0.4, -0.2) is 49.3 Å². The summed E-state index contributed by atoms with van der Waals surface area (Å²) < 4.78 is 5.48. The predicted octanol–water partition coefficient (Wildman–Crippen LogP) is 3.29. The van der Waals surface area contributed by atoms with Gasteiger partial charge in [0, 0.05) is 19.2 Å². The van der Waals surface area contributed by atoms with Gasteiger partial charge in [-0.3, -0.25) is 0 Å². The first kappa shape index (κ1) is 18.9. The van der Waals surface area contributed by atoms with Crippen LogP contribution in [-0.2, 0) is 4.74 Å². The van der Waals surface area contributed by atoms with Gasteiger partial charge < -0.3 is 15.0 Å². The Balaban J connectivity index is 3.82. The van der Waals surface area contributed by atoms with Gasteiger partial charge in [-0.25, -0.2) is 0 Å². The second kappa shape index (κ2) is 9.73. The second-order valence-electron chi connectivity index (χ2n) is 6.31. The number of rotatable bonds is 11. The number of hydrogen-bond donors (Lipinski definition) is 1. The molecule has 2 atom stereocenters. The molecule has 0 heterocycles. The van der Waals surface area contributed by atoms with E-state index in [4.69, 9.17) is 4.74 Å². The summed E-state index contributed by atoms with van der Waals surface area (Å²) in [6, 6.07) is 1.08. The van der Waals surface area contributed by atoms with Crippen LogP contribution in [0.2, 0.25) is 0 Å². The van der Waals surface area contributed by atoms with Crippen LogP contribution in [0.25, 0.3) is 0 Å². The average molecular weight is 272 g/mol. The van der Waals surface area contributed by atoms with E-state index in [2.05, 4.69) is 51.8 Å². The van der Waals surface area contributed by atoms with Gasteiger partial charge in [-0.05, 0) is 66.6 Å². The van der Waals surface area contributed by atoms with Crippen molar-refractivity contribution < 1.29 is 4.74 Å². The molecule has 0 aromatic rings. The molecule has 2 unspecified atom stereocenters. The Morgan fingerprint density at radius 2 is 1.68 bits per heavy atom. The number of nitrogens with zero attached hydrogens (tertiary/aromatic N) is 1. The van der Waals surface area contributed by atoms with Crippen LogP contribution in [0, 0.1) is 0 Å². The molecule has 3 heteroatoms. The molecule has 0 spiro atoms. The summed E-state index contributed by atoms with van der Waals surface area (Å²) in [5.74, 6) is 0. The van der Waals surface area contributed by atoms with Crippen LogP contribution >= 0.6 is 0 Å². The number of methoxy groups -OCH3 is 1. The summed E-state index contributed by atoms with van der Waals surface area (Å²) in [7, 11) is 1.79. The Bertz CT molecular complexity index is 215. The molecule has 19 heavy (non-hydrogen) atoms. The zero-order chi connectivity index (χ0) is 14.9. The van der Waals surface area contributed by atoms with Gasteiger partial charge in [-0.1, -0.05) is 13.8 Å². The molecule has 0 amide bonds. The van der Waals surface area contributed by atoms with Crippen molar-refractivity contribution in [3.8, 4) is 0 Å². The fourth-order valence-corrected chi connectivity index (χ4v) is 2.61. The fourth-order valence-electron chi connectivity index (χ4n) is 2.61. The monoisotopic (exact) mass is 272 g/mol. The van der Waals surface area contributed by atoms with Crippen molar-refractivity contribution in [3.63, 3.8) is 0 Å². The van der Waals surface area contributed by atoms with Crippen LogP contribution in [0.3, 0.4) is 0 Å². The first-order valence-electron chi connectivity index (χ1n) is 7.88. The normalized spacial score (nSPS) is 15.8. The third kappa shape index (κ3) is 9.42. The maximum absolute atomic E-state index is 5.48. The first-order chi connectivity index (χ1) is 8.84. The molecule has 0 rings (SSSR count). The van der Waals surface area contributed by atoms with Crippen LogP contribution in [0.15, 0.2) is 0 Å². The van der Waals surface area contributed by atoms with Gasteiger partial charge in [-0.2, -0.15) is 0 Å². The van der Waals surface area contributed by atoms with Crippen molar-refractivity contribution in [3.05, 3.63) is 0 Å². The number of ether oxygens (including phenoxy) is 1. The van der Waals surface area contributed by atoms with Crippen LogP contribution < -0.4 is 5.32 Å². The maximum atomic E-state index is 5.48. The Hall–Kier alpha value is -0.120. The molecule has 0 radical (unpaired) electrons. The minimum Gasteiger partial charge on any atom is -0.379 e. The summed E-state index contributed by atoms with van der Waals surface area (Å²) in [6.07, 6.45) is 3.56. The molecule has 0 aromatic heterocycles. The molecule has 0 aliphatic rings. The quantitative estimate of drug-likeness (QED) is 0.624. The zero-order valence-corrected chi connectivity index (χ0v) is 14.3. The highest BCUT2D eigenvalue weighted by Crippen LogP contribution is 2.16. The lowest BCUT2D eigenvalue weighted by Gasteiger charge is -2.29. The summed E-state index contributed by atoms with van der Waals surface area (Å²) in [4.78, 5) is 2.49. The molecule has 0 bridgehead atoms. The van der Waals surface area contributed by atoms with Gasteiger partial charge in [0.05, 0.1) is 5.60 Å². The topological polar surface area (TPSA) is 24.5 Å². The molecule has 0 aliphatic heterocycles. The summed E-state index contributed by atoms with van der Waals surface area (Å²) in [5, 5.41) is 3.68. The maximum Gasteiger partial charge on any atom is 0.0637 e. The lowest BCUT2D eigenvalue weighted by Crippen LogP contribution is -2.40. The second-order valence-corrected chi connectivity index (χ2v) is 6.31. The van der Waals surface area contributed by atoms with E-state index in [1.54, 1.807) is 7.11 Å². The van der Waals surface area contributed by atoms with Gasteiger partial charge >= 0.3 is 0 Å². The minimum absolute atomic E-state index is 0.0344. The summed E-state index contributed by atoms with van der Waals surface area (Å²) in [5.41, 5.74) is -0.0344. The van der Waals surface area contributed by atoms with Crippen LogP contribution in [0.5, 0.6) is 0 Å². The van der Waals surface area contributed by atoms with E-state index in [0.717, 1.165) is 19.5 Å². The lowest BCUT2D eigenvalue weighted by atomic mass is 9.99. The van der Waals surface area contributed by atoms with Crippen molar-refractivity contribution in [1.82, 2.24) is 10.2 Å². The Morgan fingerprint density at radius 3 is 2.16 bits per heavy atom. The zero-order valence-electron chi connectivity index (χ0n) is 14.3. The molecular formula is C16H36N2O. The van der Waals surface area contributed by atoms with Crippen LogP contribution in [0.4, 0.5) is 0 Å². The van der Waals surface area contributed by atoms with E-state index >= 15 is 0 Å². The van der Waals surface area contributed by atoms with Gasteiger partial charge in [-0.15, -0.1) is 0 Å². The standard InChI is InChI=1S/C16H36N2O/c1-8-18(9-2)12-10-11-14(3)17-15(4)13-16(5,6)19-7/h14-15,17H,8-13H2,1-7H3. The van der Waals surface area contributed by atoms with E-state index in [9.17, 15) is 0 Å². The van der Waals surface area contributed by atoms with E-state index in [0.29, 0.717) is 12.1 Å². The molecular weight excluding hydrogens is 236 g/mol. The predicted molar refractivity (Wildman–Crippen MR) is 84.8 cm³/mol. The van der Waals surface area contributed by atoms with Crippen molar-refractivity contribution in [2.45, 2.75) is 78.5 Å². The van der Waals surface area contributed by atoms with Crippen molar-refractivity contribution >= 4 is 0 Å². The van der Waals surface area contributed by atoms with E-state index in [-0.39, 0.29) is 5.60 Å². The Morgan fingerprint density at radius 1 is 1.11 bits per heavy atom. The smallest absolute Gasteiger partial charge is 0.0637 e. The third-order valence-electron chi connectivity index (χ3n) is 3.93. The number of hydrogen-bond acceptors (Lipinski definition) is 3. The van der Waals surface area contributed by atoms with Gasteiger partial charge in [0.2, 0.25) is 0 Å². The number of nitrogens with one attached hydrogen (secondary N) is 1. The molecule has 0 saturated carbocycles. The van der Waals surface area contributed by atoms with E-state index < -0.39 is 0 Å². The minimum atomic E-state index is -0.0344. The van der Waals surface area contributed by atoms with Crippen molar-refractivity contribution in [2.24, 2.45) is 0 Å². The molecule has 0 aliphatic carbocycles. The SMILES string of the molecule is CCN(CC)CCCC(C)NC(C)CC(C)(C)OC. The van der Waals surface area contributed by atoms with Crippen molar-refractivity contribution in [1.29, 1.82) is 0 Å². The highest BCUT2D eigenvalue weighted by molar-refractivity contribution is 4.77. The summed E-state index contributed by atoms with van der Waals surface area (Å²) >= 11 is 0. The molecule has 0 aromatic carbocycles. The molecule has 0 fully saturated rings. The van der Waals surface area contributed by atoms with Gasteiger partial charge in [0.1, 0.15) is 0 Å². The highest BCUT2D eigenvalue weighted by Gasteiger charge is 2.20. The largest absolute Gasteiger partial charge is 0.379 e. The third-order valence-corrected chi connectivity index (χ3v) is 3.93. The lowest BCUT2D eigenvalue weighted by molar-refractivity contribution is 0.00775. The van der Waals surface area contributed by atoms with Gasteiger partial charge in [0.25, 0.3) is 0 Å². The van der Waals surface area contributed by atoms with Gasteiger partial charge in [0.15, 0.2) is 0 Å².